The van der Waals surface area contributed by atoms with Crippen LogP contribution in [0.15, 0.2) is 29.8 Å². The highest BCUT2D eigenvalue weighted by molar-refractivity contribution is 7.09. The molecule has 0 saturated carbocycles. The normalized spacial score (nSPS) is 11.3. The summed E-state index contributed by atoms with van der Waals surface area (Å²) < 4.78 is 5.21. The minimum atomic E-state index is -0.243. The van der Waals surface area contributed by atoms with Crippen LogP contribution in [0.5, 0.6) is 5.75 Å². The van der Waals surface area contributed by atoms with E-state index in [0.29, 0.717) is 5.69 Å². The Morgan fingerprint density at radius 2 is 2.11 bits per heavy atom. The van der Waals surface area contributed by atoms with Gasteiger partial charge in [0.25, 0.3) is 0 Å². The predicted molar refractivity (Wildman–Crippen MR) is 76.2 cm³/mol. The van der Waals surface area contributed by atoms with Gasteiger partial charge in [-0.15, -0.1) is 11.3 Å². The number of anilines is 2. The van der Waals surface area contributed by atoms with Gasteiger partial charge in [-0.05, 0) is 19.9 Å². The average molecular weight is 263 g/mol. The summed E-state index contributed by atoms with van der Waals surface area (Å²) in [5.41, 5.74) is 7.19. The molecule has 0 aliphatic heterocycles. The van der Waals surface area contributed by atoms with Crippen molar-refractivity contribution in [1.82, 2.24) is 4.98 Å². The van der Waals surface area contributed by atoms with Gasteiger partial charge in [-0.3, -0.25) is 0 Å². The summed E-state index contributed by atoms with van der Waals surface area (Å²) in [7, 11) is 1.63. The molecule has 0 saturated heterocycles. The van der Waals surface area contributed by atoms with Crippen molar-refractivity contribution in [2.45, 2.75) is 19.4 Å². The molecular weight excluding hydrogens is 246 g/mol. The molecule has 1 heterocycles. The van der Waals surface area contributed by atoms with Crippen molar-refractivity contribution in [1.29, 1.82) is 0 Å². The average Bonchev–Trinajstić information content (AvgIpc) is 2.81. The zero-order chi connectivity index (χ0) is 13.2. The third-order valence-corrected chi connectivity index (χ3v) is 3.69. The maximum absolute atomic E-state index is 5.84. The van der Waals surface area contributed by atoms with E-state index in [4.69, 9.17) is 10.5 Å². The zero-order valence-electron chi connectivity index (χ0n) is 10.7. The van der Waals surface area contributed by atoms with Crippen LogP contribution in [0.3, 0.4) is 0 Å². The first kappa shape index (κ1) is 12.7. The summed E-state index contributed by atoms with van der Waals surface area (Å²) in [4.78, 5) is 4.34. The van der Waals surface area contributed by atoms with Crippen LogP contribution in [-0.4, -0.2) is 12.1 Å². The molecule has 0 radical (unpaired) electrons. The van der Waals surface area contributed by atoms with Crippen LogP contribution in [0.2, 0.25) is 0 Å². The van der Waals surface area contributed by atoms with Gasteiger partial charge in [0.05, 0.1) is 12.6 Å². The van der Waals surface area contributed by atoms with Crippen LogP contribution >= 0.6 is 11.3 Å². The highest BCUT2D eigenvalue weighted by Crippen LogP contribution is 2.30. The molecule has 0 aliphatic carbocycles. The summed E-state index contributed by atoms with van der Waals surface area (Å²) in [6.45, 7) is 4.17. The molecule has 3 N–H and O–H groups in total. The van der Waals surface area contributed by atoms with Crippen LogP contribution in [0.1, 0.15) is 18.9 Å². The monoisotopic (exact) mass is 263 g/mol. The molecular formula is C13H17N3OS. The van der Waals surface area contributed by atoms with Gasteiger partial charge in [-0.25, -0.2) is 4.98 Å². The number of nitrogens with zero attached hydrogens (tertiary/aromatic N) is 1. The molecule has 1 aromatic carbocycles. The smallest absolute Gasteiger partial charge is 0.122 e. The zero-order valence-corrected chi connectivity index (χ0v) is 11.5. The van der Waals surface area contributed by atoms with Crippen molar-refractivity contribution < 1.29 is 4.74 Å². The van der Waals surface area contributed by atoms with E-state index >= 15 is 0 Å². The third kappa shape index (κ3) is 2.73. The summed E-state index contributed by atoms with van der Waals surface area (Å²) >= 11 is 1.63. The standard InChI is InChI=1S/C13H17N3OS/c1-13(2,12-15-4-5-18-12)16-10-6-9(14)7-11(8-10)17-3/h4-8,16H,14H2,1-3H3. The molecule has 2 aromatic rings. The van der Waals surface area contributed by atoms with Gasteiger partial charge in [0.2, 0.25) is 0 Å². The second-order valence-electron chi connectivity index (χ2n) is 4.58. The van der Waals surface area contributed by atoms with Crippen molar-refractivity contribution >= 4 is 22.7 Å². The Labute approximate surface area is 111 Å². The SMILES string of the molecule is COc1cc(N)cc(NC(C)(C)c2nccs2)c1. The number of nitrogens with one attached hydrogen (secondary N) is 1. The Balaban J connectivity index is 2.26. The molecule has 0 unspecified atom stereocenters. The van der Waals surface area contributed by atoms with E-state index in [9.17, 15) is 0 Å². The fraction of sp³-hybridized carbons (Fsp3) is 0.308. The van der Waals surface area contributed by atoms with Crippen LogP contribution in [0.25, 0.3) is 0 Å². The number of benzene rings is 1. The largest absolute Gasteiger partial charge is 0.497 e. The van der Waals surface area contributed by atoms with Crippen LogP contribution < -0.4 is 15.8 Å². The summed E-state index contributed by atoms with van der Waals surface area (Å²) in [5, 5.41) is 6.43. The van der Waals surface area contributed by atoms with Crippen LogP contribution in [0.4, 0.5) is 11.4 Å². The molecule has 18 heavy (non-hydrogen) atoms. The summed E-state index contributed by atoms with van der Waals surface area (Å²) in [6, 6.07) is 5.60. The second-order valence-corrected chi connectivity index (χ2v) is 5.48. The fourth-order valence-electron chi connectivity index (χ4n) is 1.76. The topological polar surface area (TPSA) is 60.2 Å². The van der Waals surface area contributed by atoms with Crippen molar-refractivity contribution in [2.24, 2.45) is 0 Å². The number of thiazole rings is 1. The number of nitrogens with two attached hydrogens (primary N) is 1. The Kier molecular flexibility index (Phi) is 3.43. The van der Waals surface area contributed by atoms with E-state index in [1.807, 2.05) is 23.7 Å². The van der Waals surface area contributed by atoms with Gasteiger partial charge in [-0.2, -0.15) is 0 Å². The number of nitrogen functional groups attached to an aromatic ring is 1. The quantitative estimate of drug-likeness (QED) is 0.832. The lowest BCUT2D eigenvalue weighted by molar-refractivity contribution is 0.415. The molecule has 0 atom stereocenters. The third-order valence-electron chi connectivity index (χ3n) is 2.59. The molecule has 0 amide bonds. The molecule has 5 heteroatoms. The molecule has 1 aromatic heterocycles. The lowest BCUT2D eigenvalue weighted by Gasteiger charge is -2.25. The van der Waals surface area contributed by atoms with E-state index in [1.165, 1.54) is 0 Å². The van der Waals surface area contributed by atoms with Crippen molar-refractivity contribution in [3.8, 4) is 5.75 Å². The number of hydrogen-bond donors (Lipinski definition) is 2. The minimum absolute atomic E-state index is 0.243. The van der Waals surface area contributed by atoms with Crippen molar-refractivity contribution in [2.75, 3.05) is 18.2 Å². The Bertz CT molecular complexity index is 523. The van der Waals surface area contributed by atoms with Gasteiger partial charge in [-0.1, -0.05) is 0 Å². The van der Waals surface area contributed by atoms with Gasteiger partial charge < -0.3 is 15.8 Å². The van der Waals surface area contributed by atoms with Gasteiger partial charge >= 0.3 is 0 Å². The van der Waals surface area contributed by atoms with Crippen LogP contribution in [-0.2, 0) is 5.54 Å². The highest BCUT2D eigenvalue weighted by Gasteiger charge is 2.23. The van der Waals surface area contributed by atoms with E-state index < -0.39 is 0 Å². The molecule has 2 rings (SSSR count). The number of ether oxygens (including phenoxy) is 1. The molecule has 96 valence electrons. The number of methoxy groups -OCH3 is 1. The second kappa shape index (κ2) is 4.86. The van der Waals surface area contributed by atoms with E-state index in [2.05, 4.69) is 24.1 Å². The van der Waals surface area contributed by atoms with Crippen LogP contribution in [0, 0.1) is 0 Å². The minimum Gasteiger partial charge on any atom is -0.497 e. The summed E-state index contributed by atoms with van der Waals surface area (Å²) in [6.07, 6.45) is 1.81. The molecule has 0 bridgehead atoms. The Hall–Kier alpha value is -1.75. The first-order valence-electron chi connectivity index (χ1n) is 5.64. The molecule has 0 aliphatic rings. The lowest BCUT2D eigenvalue weighted by atomic mass is 10.1. The van der Waals surface area contributed by atoms with Crippen molar-refractivity contribution in [3.05, 3.63) is 34.8 Å². The molecule has 0 fully saturated rings. The van der Waals surface area contributed by atoms with Crippen molar-refractivity contribution in [3.63, 3.8) is 0 Å². The van der Waals surface area contributed by atoms with E-state index in [1.54, 1.807) is 24.5 Å². The maximum atomic E-state index is 5.84. The van der Waals surface area contributed by atoms with Gasteiger partial charge in [0, 0.05) is 35.1 Å². The first-order chi connectivity index (χ1) is 8.51. The number of aromatic nitrogens is 1. The first-order valence-corrected chi connectivity index (χ1v) is 6.52. The van der Waals surface area contributed by atoms with E-state index in [0.717, 1.165) is 16.4 Å². The lowest BCUT2D eigenvalue weighted by Crippen LogP contribution is -2.27. The fourth-order valence-corrected chi connectivity index (χ4v) is 2.48. The number of rotatable bonds is 4. The van der Waals surface area contributed by atoms with Gasteiger partial charge in [0.15, 0.2) is 0 Å². The maximum Gasteiger partial charge on any atom is 0.122 e. The Morgan fingerprint density at radius 3 is 2.72 bits per heavy atom. The number of hydrogen-bond acceptors (Lipinski definition) is 5. The van der Waals surface area contributed by atoms with Gasteiger partial charge in [0.1, 0.15) is 10.8 Å². The molecule has 4 nitrogen and oxygen atoms in total. The Morgan fingerprint density at radius 1 is 1.33 bits per heavy atom. The molecule has 0 spiro atoms. The summed E-state index contributed by atoms with van der Waals surface area (Å²) in [5.74, 6) is 0.743. The van der Waals surface area contributed by atoms with E-state index in [-0.39, 0.29) is 5.54 Å². The highest BCUT2D eigenvalue weighted by atomic mass is 32.1. The predicted octanol–water partition coefficient (Wildman–Crippen LogP) is 3.08.